The summed E-state index contributed by atoms with van der Waals surface area (Å²) in [5.41, 5.74) is 1.69. The van der Waals surface area contributed by atoms with Crippen LogP contribution < -0.4 is 5.43 Å². The first kappa shape index (κ1) is 15.9. The summed E-state index contributed by atoms with van der Waals surface area (Å²) in [6.07, 6.45) is 2.59. The molecule has 6 heteroatoms. The zero-order valence-electron chi connectivity index (χ0n) is 12.4. The molecule has 0 N–H and O–H groups in total. The molecule has 1 aromatic carbocycles. The molecule has 0 atom stereocenters. The maximum absolute atomic E-state index is 12.2. The van der Waals surface area contributed by atoms with Crippen LogP contribution in [0.1, 0.15) is 18.5 Å². The Labute approximate surface area is 143 Å². The van der Waals surface area contributed by atoms with E-state index in [2.05, 4.69) is 5.10 Å². The molecule has 116 valence electrons. The fourth-order valence-corrected chi connectivity index (χ4v) is 3.91. The first-order valence-electron chi connectivity index (χ1n) is 7.13. The van der Waals surface area contributed by atoms with Crippen LogP contribution in [0.4, 0.5) is 0 Å². The lowest BCUT2D eigenvalue weighted by Gasteiger charge is -2.11. The lowest BCUT2D eigenvalue weighted by molar-refractivity contribution is 0.709. The number of thioether (sulfide) groups is 1. The molecule has 1 aliphatic carbocycles. The Balaban J connectivity index is 2.03. The maximum atomic E-state index is 12.2. The molecule has 1 aromatic heterocycles. The average Bonchev–Trinajstić information content (AvgIpc) is 3.27. The van der Waals surface area contributed by atoms with Gasteiger partial charge < -0.3 is 0 Å². The van der Waals surface area contributed by atoms with E-state index in [4.69, 9.17) is 23.2 Å². The Bertz CT molecular complexity index is 784. The number of hydrogen-bond acceptors (Lipinski definition) is 3. The van der Waals surface area contributed by atoms with Crippen molar-refractivity contribution < 1.29 is 0 Å². The third kappa shape index (κ3) is 3.34. The Morgan fingerprint density at radius 1 is 1.27 bits per heavy atom. The minimum Gasteiger partial charge on any atom is -0.287 e. The molecule has 1 heterocycles. The van der Waals surface area contributed by atoms with Gasteiger partial charge >= 0.3 is 0 Å². The molecular formula is C16H16Cl2N2OS. The zero-order valence-corrected chi connectivity index (χ0v) is 14.7. The number of benzene rings is 1. The van der Waals surface area contributed by atoms with E-state index in [-0.39, 0.29) is 5.43 Å². The van der Waals surface area contributed by atoms with Crippen molar-refractivity contribution in [2.75, 3.05) is 5.75 Å². The van der Waals surface area contributed by atoms with Crippen LogP contribution in [0.2, 0.25) is 10.0 Å². The van der Waals surface area contributed by atoms with Crippen LogP contribution in [-0.4, -0.2) is 15.5 Å². The number of aryl methyl sites for hydroxylation is 2. The van der Waals surface area contributed by atoms with Gasteiger partial charge in [-0.3, -0.25) is 9.48 Å². The van der Waals surface area contributed by atoms with Crippen molar-refractivity contribution in [1.29, 1.82) is 0 Å². The molecule has 0 saturated heterocycles. The second kappa shape index (κ2) is 6.26. The number of aromatic nitrogens is 2. The van der Waals surface area contributed by atoms with Gasteiger partial charge in [-0.25, -0.2) is 0 Å². The van der Waals surface area contributed by atoms with Crippen molar-refractivity contribution in [2.45, 2.75) is 24.7 Å². The summed E-state index contributed by atoms with van der Waals surface area (Å²) in [6.45, 7) is 1.85. The minimum atomic E-state index is -0.127. The van der Waals surface area contributed by atoms with Crippen LogP contribution in [0, 0.1) is 12.8 Å². The van der Waals surface area contributed by atoms with E-state index in [0.29, 0.717) is 21.3 Å². The lowest BCUT2D eigenvalue weighted by atomic mass is 10.1. The van der Waals surface area contributed by atoms with Crippen LogP contribution >= 0.6 is 35.0 Å². The normalized spacial score (nSPS) is 14.4. The molecule has 1 saturated carbocycles. The van der Waals surface area contributed by atoms with E-state index in [1.54, 1.807) is 28.6 Å². The van der Waals surface area contributed by atoms with Crippen molar-refractivity contribution >= 4 is 35.0 Å². The van der Waals surface area contributed by atoms with Gasteiger partial charge in [-0.2, -0.15) is 5.10 Å². The van der Waals surface area contributed by atoms with Gasteiger partial charge in [0.25, 0.3) is 0 Å². The third-order valence-electron chi connectivity index (χ3n) is 3.78. The van der Waals surface area contributed by atoms with Crippen LogP contribution in [0.25, 0.3) is 11.3 Å². The maximum Gasteiger partial charge on any atom is 0.208 e. The number of halogens is 2. The third-order valence-corrected chi connectivity index (χ3v) is 5.81. The van der Waals surface area contributed by atoms with E-state index in [9.17, 15) is 4.79 Å². The number of rotatable bonds is 4. The zero-order chi connectivity index (χ0) is 15.9. The van der Waals surface area contributed by atoms with Crippen molar-refractivity contribution in [3.8, 4) is 11.3 Å². The summed E-state index contributed by atoms with van der Waals surface area (Å²) in [5.74, 6) is 1.85. The summed E-state index contributed by atoms with van der Waals surface area (Å²) in [7, 11) is 1.81. The Morgan fingerprint density at radius 3 is 2.68 bits per heavy atom. The molecule has 0 aliphatic heterocycles. The fourth-order valence-electron chi connectivity index (χ4n) is 2.13. The van der Waals surface area contributed by atoms with Gasteiger partial charge in [0, 0.05) is 35.0 Å². The molecule has 3 rings (SSSR count). The summed E-state index contributed by atoms with van der Waals surface area (Å²) < 4.78 is 1.68. The molecular weight excluding hydrogens is 339 g/mol. The monoisotopic (exact) mass is 354 g/mol. The van der Waals surface area contributed by atoms with Gasteiger partial charge in [0.05, 0.1) is 10.0 Å². The van der Waals surface area contributed by atoms with Crippen LogP contribution in [0.15, 0.2) is 27.9 Å². The molecule has 3 nitrogen and oxygen atoms in total. The van der Waals surface area contributed by atoms with Gasteiger partial charge in [0.15, 0.2) is 0 Å². The highest BCUT2D eigenvalue weighted by molar-refractivity contribution is 7.99. The van der Waals surface area contributed by atoms with Gasteiger partial charge in [0.2, 0.25) is 5.43 Å². The quantitative estimate of drug-likeness (QED) is 0.754. The van der Waals surface area contributed by atoms with Gasteiger partial charge in [-0.05, 0) is 37.8 Å². The Hall–Kier alpha value is -0.970. The van der Waals surface area contributed by atoms with Crippen LogP contribution in [0.3, 0.4) is 0 Å². The predicted octanol–water partition coefficient (Wildman–Crippen LogP) is 4.56. The highest BCUT2D eigenvalue weighted by Gasteiger charge is 2.22. The SMILES string of the molecule is Cc1cc(=O)c(-c2cc(SCC3CC3)c(Cl)cc2Cl)nn1C. The molecule has 22 heavy (non-hydrogen) atoms. The van der Waals surface area contributed by atoms with Crippen molar-refractivity contribution in [3.63, 3.8) is 0 Å². The smallest absolute Gasteiger partial charge is 0.208 e. The van der Waals surface area contributed by atoms with E-state index in [0.717, 1.165) is 22.3 Å². The number of nitrogens with zero attached hydrogens (tertiary/aromatic N) is 2. The van der Waals surface area contributed by atoms with Gasteiger partial charge in [-0.15, -0.1) is 11.8 Å². The summed E-state index contributed by atoms with van der Waals surface area (Å²) >= 11 is 14.3. The molecule has 1 aliphatic rings. The lowest BCUT2D eigenvalue weighted by Crippen LogP contribution is -2.14. The number of hydrogen-bond donors (Lipinski definition) is 0. The predicted molar refractivity (Wildman–Crippen MR) is 93.1 cm³/mol. The molecule has 1 fully saturated rings. The van der Waals surface area contributed by atoms with Crippen molar-refractivity contribution in [1.82, 2.24) is 9.78 Å². The first-order chi connectivity index (χ1) is 10.5. The molecule has 0 spiro atoms. The topological polar surface area (TPSA) is 34.9 Å². The Morgan fingerprint density at radius 2 is 2.00 bits per heavy atom. The van der Waals surface area contributed by atoms with E-state index >= 15 is 0 Å². The van der Waals surface area contributed by atoms with Crippen molar-refractivity contribution in [2.24, 2.45) is 13.0 Å². The summed E-state index contributed by atoms with van der Waals surface area (Å²) in [4.78, 5) is 13.2. The standard InChI is InChI=1S/C16H16Cl2N2OS/c1-9-5-14(21)16(19-20(9)2)11-6-15(13(18)7-12(11)17)22-8-10-3-4-10/h5-7,10H,3-4,8H2,1-2H3. The Kier molecular flexibility index (Phi) is 4.53. The minimum absolute atomic E-state index is 0.127. The fraction of sp³-hybridized carbons (Fsp3) is 0.375. The van der Waals surface area contributed by atoms with Crippen molar-refractivity contribution in [3.05, 3.63) is 44.2 Å². The van der Waals surface area contributed by atoms with Crippen LogP contribution in [0.5, 0.6) is 0 Å². The summed E-state index contributed by atoms with van der Waals surface area (Å²) in [5, 5.41) is 5.43. The second-order valence-corrected chi connectivity index (χ2v) is 7.52. The summed E-state index contributed by atoms with van der Waals surface area (Å²) in [6, 6.07) is 5.16. The van der Waals surface area contributed by atoms with E-state index in [1.165, 1.54) is 12.8 Å². The van der Waals surface area contributed by atoms with E-state index in [1.807, 2.05) is 20.0 Å². The molecule has 0 radical (unpaired) electrons. The largest absolute Gasteiger partial charge is 0.287 e. The van der Waals surface area contributed by atoms with Gasteiger partial charge in [-0.1, -0.05) is 23.2 Å². The molecule has 0 unspecified atom stereocenters. The molecule has 0 bridgehead atoms. The van der Waals surface area contributed by atoms with Gasteiger partial charge in [0.1, 0.15) is 5.69 Å². The average molecular weight is 355 g/mol. The molecule has 0 amide bonds. The first-order valence-corrected chi connectivity index (χ1v) is 8.87. The second-order valence-electron chi connectivity index (χ2n) is 5.64. The highest BCUT2D eigenvalue weighted by Crippen LogP contribution is 2.40. The van der Waals surface area contributed by atoms with E-state index < -0.39 is 0 Å². The molecule has 2 aromatic rings. The van der Waals surface area contributed by atoms with Crippen LogP contribution in [-0.2, 0) is 7.05 Å². The highest BCUT2D eigenvalue weighted by atomic mass is 35.5.